The molecule has 1 aromatic heterocycles. The Bertz CT molecular complexity index is 210. The molecule has 0 aliphatic rings. The first-order valence-electron chi connectivity index (χ1n) is 3.13. The highest BCUT2D eigenvalue weighted by Gasteiger charge is 1.93. The molecule has 0 aromatic carbocycles. The van der Waals surface area contributed by atoms with E-state index in [-0.39, 0.29) is 0 Å². The molecule has 0 fully saturated rings. The van der Waals surface area contributed by atoms with Crippen LogP contribution in [-0.2, 0) is 6.42 Å². The first kappa shape index (κ1) is 7.23. The summed E-state index contributed by atoms with van der Waals surface area (Å²) in [5.74, 6) is 2.59. The van der Waals surface area contributed by atoms with Crippen LogP contribution in [0.5, 0.6) is 0 Å². The molecule has 52 valence electrons. The van der Waals surface area contributed by atoms with Gasteiger partial charge in [-0.2, -0.15) is 0 Å². The third kappa shape index (κ3) is 2.16. The fraction of sp³-hybridized carbons (Fsp3) is 0.429. The van der Waals surface area contributed by atoms with E-state index >= 15 is 0 Å². The normalized spacial score (nSPS) is 9.10. The van der Waals surface area contributed by atoms with Crippen LogP contribution in [0.25, 0.3) is 0 Å². The van der Waals surface area contributed by atoms with Crippen LogP contribution in [0.1, 0.15) is 18.5 Å². The zero-order valence-corrected chi connectivity index (χ0v) is 6.40. The number of hydrogen-bond donors (Lipinski definition) is 0. The highest BCUT2D eigenvalue weighted by Crippen LogP contribution is 2.01. The van der Waals surface area contributed by atoms with Gasteiger partial charge in [-0.15, -0.1) is 17.4 Å². The average Bonchev–Trinajstić information content (AvgIpc) is 2.41. The lowest BCUT2D eigenvalue weighted by Crippen LogP contribution is -1.83. The third-order valence-electron chi connectivity index (χ3n) is 1.16. The van der Waals surface area contributed by atoms with E-state index in [0.717, 1.165) is 25.0 Å². The Morgan fingerprint density at radius 2 is 2.60 bits per heavy atom. The summed E-state index contributed by atoms with van der Waals surface area (Å²) in [5.41, 5.74) is 1.06. The molecule has 0 aliphatic carbocycles. The largest absolute Gasteiger partial charge is 0.143 e. The Labute approximate surface area is 64.4 Å². The fourth-order valence-corrected chi connectivity index (χ4v) is 1.15. The predicted molar refractivity (Wildman–Crippen MR) is 41.7 cm³/mol. The summed E-state index contributed by atoms with van der Waals surface area (Å²) in [6.07, 6.45) is 7.89. The Morgan fingerprint density at radius 1 is 1.70 bits per heavy atom. The number of unbranched alkanes of at least 4 members (excludes halogenated alkanes) is 1. The summed E-state index contributed by atoms with van der Waals surface area (Å²) in [4.78, 5) is 0. The van der Waals surface area contributed by atoms with E-state index in [1.807, 2.05) is 5.38 Å². The number of rotatable bonds is 3. The smallest absolute Gasteiger partial charge is 0.0755 e. The van der Waals surface area contributed by atoms with Crippen LogP contribution in [0.4, 0.5) is 0 Å². The molecule has 1 aromatic rings. The van der Waals surface area contributed by atoms with Crippen molar-refractivity contribution in [2.75, 3.05) is 0 Å². The van der Waals surface area contributed by atoms with Crippen molar-refractivity contribution >= 4 is 11.5 Å². The maximum absolute atomic E-state index is 5.08. The molecule has 0 radical (unpaired) electrons. The molecular weight excluding hydrogens is 144 g/mol. The lowest BCUT2D eigenvalue weighted by atomic mass is 10.2. The number of nitrogens with zero attached hydrogens (tertiary/aromatic N) is 2. The molecule has 1 rings (SSSR count). The van der Waals surface area contributed by atoms with E-state index in [4.69, 9.17) is 6.42 Å². The van der Waals surface area contributed by atoms with E-state index in [0.29, 0.717) is 0 Å². The molecule has 0 aliphatic heterocycles. The van der Waals surface area contributed by atoms with Gasteiger partial charge in [0.15, 0.2) is 0 Å². The predicted octanol–water partition coefficient (Wildman–Crippen LogP) is 1.49. The zero-order valence-electron chi connectivity index (χ0n) is 5.58. The van der Waals surface area contributed by atoms with Gasteiger partial charge in [0.2, 0.25) is 0 Å². The summed E-state index contributed by atoms with van der Waals surface area (Å²) in [5, 5.41) is 5.84. The van der Waals surface area contributed by atoms with Crippen molar-refractivity contribution in [1.82, 2.24) is 9.59 Å². The number of aromatic nitrogens is 2. The number of aryl methyl sites for hydroxylation is 1. The molecule has 0 unspecified atom stereocenters. The molecule has 0 saturated heterocycles. The molecule has 3 heteroatoms. The first-order chi connectivity index (χ1) is 4.93. The molecule has 0 spiro atoms. The van der Waals surface area contributed by atoms with Crippen molar-refractivity contribution in [3.63, 3.8) is 0 Å². The monoisotopic (exact) mass is 152 g/mol. The Morgan fingerprint density at radius 3 is 3.20 bits per heavy atom. The molecular formula is C7H8N2S. The van der Waals surface area contributed by atoms with E-state index in [1.54, 1.807) is 0 Å². The maximum Gasteiger partial charge on any atom is 0.0755 e. The minimum absolute atomic E-state index is 0.831. The van der Waals surface area contributed by atoms with Gasteiger partial charge in [-0.1, -0.05) is 4.49 Å². The van der Waals surface area contributed by atoms with Gasteiger partial charge in [-0.25, -0.2) is 0 Å². The Hall–Kier alpha value is -0.880. The van der Waals surface area contributed by atoms with Gasteiger partial charge in [0, 0.05) is 11.8 Å². The van der Waals surface area contributed by atoms with Crippen LogP contribution in [0.2, 0.25) is 0 Å². The van der Waals surface area contributed by atoms with Gasteiger partial charge in [0.05, 0.1) is 5.69 Å². The summed E-state index contributed by atoms with van der Waals surface area (Å²) < 4.78 is 3.74. The molecule has 1 heterocycles. The second-order valence-corrected chi connectivity index (χ2v) is 2.56. The minimum Gasteiger partial charge on any atom is -0.143 e. The van der Waals surface area contributed by atoms with Crippen LogP contribution in [-0.4, -0.2) is 9.59 Å². The maximum atomic E-state index is 5.08. The van der Waals surface area contributed by atoms with Gasteiger partial charge in [-0.05, 0) is 24.4 Å². The zero-order chi connectivity index (χ0) is 7.23. The lowest BCUT2D eigenvalue weighted by Gasteiger charge is -1.88. The van der Waals surface area contributed by atoms with Gasteiger partial charge in [0.25, 0.3) is 0 Å². The molecule has 2 nitrogen and oxygen atoms in total. The van der Waals surface area contributed by atoms with Crippen molar-refractivity contribution in [3.05, 3.63) is 11.1 Å². The summed E-state index contributed by atoms with van der Waals surface area (Å²) in [6.45, 7) is 0. The van der Waals surface area contributed by atoms with E-state index in [9.17, 15) is 0 Å². The Kier molecular flexibility index (Phi) is 2.91. The number of hydrogen-bond acceptors (Lipinski definition) is 3. The molecule has 0 bridgehead atoms. The SMILES string of the molecule is C#CCCCc1csnn1. The van der Waals surface area contributed by atoms with Crippen LogP contribution in [0, 0.1) is 12.3 Å². The second-order valence-electron chi connectivity index (χ2n) is 1.95. The summed E-state index contributed by atoms with van der Waals surface area (Å²) in [6, 6.07) is 0. The van der Waals surface area contributed by atoms with Crippen LogP contribution < -0.4 is 0 Å². The van der Waals surface area contributed by atoms with Crippen molar-refractivity contribution in [1.29, 1.82) is 0 Å². The van der Waals surface area contributed by atoms with Gasteiger partial charge in [0.1, 0.15) is 0 Å². The lowest BCUT2D eigenvalue weighted by molar-refractivity contribution is 0.823. The molecule has 0 amide bonds. The number of terminal acetylenes is 1. The highest BCUT2D eigenvalue weighted by atomic mass is 32.1. The summed E-state index contributed by atoms with van der Waals surface area (Å²) >= 11 is 1.38. The molecule has 10 heavy (non-hydrogen) atoms. The van der Waals surface area contributed by atoms with Crippen molar-refractivity contribution < 1.29 is 0 Å². The molecule has 0 N–H and O–H groups in total. The fourth-order valence-electron chi connectivity index (χ4n) is 0.664. The van der Waals surface area contributed by atoms with Gasteiger partial charge >= 0.3 is 0 Å². The van der Waals surface area contributed by atoms with E-state index < -0.39 is 0 Å². The molecule has 0 atom stereocenters. The van der Waals surface area contributed by atoms with Gasteiger partial charge < -0.3 is 0 Å². The second kappa shape index (κ2) is 4.02. The van der Waals surface area contributed by atoms with Crippen LogP contribution in [0.15, 0.2) is 5.38 Å². The van der Waals surface area contributed by atoms with Gasteiger partial charge in [-0.3, -0.25) is 0 Å². The standard InChI is InChI=1S/C7H8N2S/c1-2-3-4-5-7-6-10-9-8-7/h1,6H,3-5H2. The van der Waals surface area contributed by atoms with Crippen LogP contribution in [0.3, 0.4) is 0 Å². The highest BCUT2D eigenvalue weighted by molar-refractivity contribution is 7.03. The van der Waals surface area contributed by atoms with E-state index in [1.165, 1.54) is 11.5 Å². The van der Waals surface area contributed by atoms with Crippen LogP contribution >= 0.6 is 11.5 Å². The quantitative estimate of drug-likeness (QED) is 0.484. The molecule has 0 saturated carbocycles. The minimum atomic E-state index is 0.831. The van der Waals surface area contributed by atoms with Crippen molar-refractivity contribution in [2.24, 2.45) is 0 Å². The van der Waals surface area contributed by atoms with Crippen molar-refractivity contribution in [2.45, 2.75) is 19.3 Å². The van der Waals surface area contributed by atoms with E-state index in [2.05, 4.69) is 15.5 Å². The summed E-state index contributed by atoms with van der Waals surface area (Å²) in [7, 11) is 0. The third-order valence-corrected chi connectivity index (χ3v) is 1.71. The van der Waals surface area contributed by atoms with Crippen molar-refractivity contribution in [3.8, 4) is 12.3 Å². The Balaban J connectivity index is 2.23. The topological polar surface area (TPSA) is 25.8 Å². The first-order valence-corrected chi connectivity index (χ1v) is 3.96. The average molecular weight is 152 g/mol.